The van der Waals surface area contributed by atoms with Crippen molar-refractivity contribution in [3.8, 4) is 0 Å². The van der Waals surface area contributed by atoms with Crippen LogP contribution in [0.2, 0.25) is 0 Å². The van der Waals surface area contributed by atoms with E-state index in [1.54, 1.807) is 22.8 Å². The summed E-state index contributed by atoms with van der Waals surface area (Å²) in [7, 11) is 3.55. The van der Waals surface area contributed by atoms with Crippen LogP contribution in [0, 0.1) is 11.8 Å². The molecule has 1 aromatic heterocycles. The minimum absolute atomic E-state index is 0.0747. The lowest BCUT2D eigenvalue weighted by Gasteiger charge is -2.19. The summed E-state index contributed by atoms with van der Waals surface area (Å²) in [5.74, 6) is -0.516. The third kappa shape index (κ3) is 3.20. The van der Waals surface area contributed by atoms with E-state index in [2.05, 4.69) is 5.10 Å². The highest BCUT2D eigenvalue weighted by atomic mass is 16.2. The van der Waals surface area contributed by atoms with Crippen LogP contribution in [0.1, 0.15) is 37.7 Å². The summed E-state index contributed by atoms with van der Waals surface area (Å²) in [5, 5.41) is 4.08. The van der Waals surface area contributed by atoms with Crippen molar-refractivity contribution in [2.45, 2.75) is 38.6 Å². The van der Waals surface area contributed by atoms with Gasteiger partial charge < -0.3 is 4.90 Å². The van der Waals surface area contributed by atoms with Crippen LogP contribution in [0.5, 0.6) is 0 Å². The summed E-state index contributed by atoms with van der Waals surface area (Å²) in [6.45, 7) is 0.667. The Morgan fingerprint density at radius 1 is 1.25 bits per heavy atom. The Labute approximate surface area is 141 Å². The van der Waals surface area contributed by atoms with E-state index in [1.165, 1.54) is 4.90 Å². The maximum Gasteiger partial charge on any atom is 0.233 e. The molecular formula is C17H24N4O3. The van der Waals surface area contributed by atoms with Crippen molar-refractivity contribution in [1.82, 2.24) is 19.6 Å². The topological polar surface area (TPSA) is 75.5 Å². The zero-order valence-electron chi connectivity index (χ0n) is 14.3. The second kappa shape index (κ2) is 6.75. The van der Waals surface area contributed by atoms with Gasteiger partial charge in [-0.2, -0.15) is 5.10 Å². The van der Waals surface area contributed by atoms with Gasteiger partial charge in [0, 0.05) is 45.4 Å². The smallest absolute Gasteiger partial charge is 0.233 e. The molecule has 2 atom stereocenters. The largest absolute Gasteiger partial charge is 0.341 e. The summed E-state index contributed by atoms with van der Waals surface area (Å²) >= 11 is 0. The highest BCUT2D eigenvalue weighted by Crippen LogP contribution is 2.37. The number of amides is 3. The Kier molecular flexibility index (Phi) is 4.69. The SMILES string of the molecule is CN(Cc1cnn(C)c1)C(=O)CCN1C(=O)[C@H]2CCCC[C@H]2C1=O. The lowest BCUT2D eigenvalue weighted by atomic mass is 9.81. The first-order chi connectivity index (χ1) is 11.5. The van der Waals surface area contributed by atoms with Crippen LogP contribution in [0.3, 0.4) is 0 Å². The molecule has 2 heterocycles. The molecule has 1 aromatic rings. The fourth-order valence-electron chi connectivity index (χ4n) is 3.77. The molecule has 0 aromatic carbocycles. The molecule has 2 fully saturated rings. The predicted octanol–water partition coefficient (Wildman–Crippen LogP) is 0.944. The Morgan fingerprint density at radius 3 is 2.42 bits per heavy atom. The highest BCUT2D eigenvalue weighted by Gasteiger charge is 2.47. The van der Waals surface area contributed by atoms with Crippen LogP contribution in [-0.4, -0.2) is 50.9 Å². The van der Waals surface area contributed by atoms with E-state index in [0.29, 0.717) is 6.54 Å². The summed E-state index contributed by atoms with van der Waals surface area (Å²) in [5.41, 5.74) is 0.952. The number of fused-ring (bicyclic) bond motifs is 1. The van der Waals surface area contributed by atoms with Crippen LogP contribution in [0.25, 0.3) is 0 Å². The van der Waals surface area contributed by atoms with Gasteiger partial charge in [0.15, 0.2) is 0 Å². The van der Waals surface area contributed by atoms with E-state index < -0.39 is 0 Å². The van der Waals surface area contributed by atoms with E-state index in [0.717, 1.165) is 31.2 Å². The number of aromatic nitrogens is 2. The van der Waals surface area contributed by atoms with Gasteiger partial charge >= 0.3 is 0 Å². The number of imide groups is 1. The fraction of sp³-hybridized carbons (Fsp3) is 0.647. The number of aryl methyl sites for hydroxylation is 1. The van der Waals surface area contributed by atoms with Gasteiger partial charge in [0.2, 0.25) is 17.7 Å². The molecule has 0 radical (unpaired) electrons. The molecule has 7 heteroatoms. The summed E-state index contributed by atoms with van der Waals surface area (Å²) in [6.07, 6.45) is 7.40. The Bertz CT molecular complexity index is 630. The molecule has 24 heavy (non-hydrogen) atoms. The summed E-state index contributed by atoms with van der Waals surface area (Å²) < 4.78 is 1.69. The van der Waals surface area contributed by atoms with Gasteiger partial charge in [-0.05, 0) is 12.8 Å². The normalized spacial score (nSPS) is 23.5. The zero-order valence-corrected chi connectivity index (χ0v) is 14.3. The van der Waals surface area contributed by atoms with Crippen molar-refractivity contribution in [3.05, 3.63) is 18.0 Å². The number of hydrogen-bond donors (Lipinski definition) is 0. The monoisotopic (exact) mass is 332 g/mol. The van der Waals surface area contributed by atoms with Gasteiger partial charge in [0.25, 0.3) is 0 Å². The quantitative estimate of drug-likeness (QED) is 0.752. The van der Waals surface area contributed by atoms with Crippen molar-refractivity contribution in [1.29, 1.82) is 0 Å². The lowest BCUT2D eigenvalue weighted by Crippen LogP contribution is -2.36. The van der Waals surface area contributed by atoms with Crippen LogP contribution in [0.15, 0.2) is 12.4 Å². The van der Waals surface area contributed by atoms with Gasteiger partial charge in [-0.3, -0.25) is 24.0 Å². The molecule has 0 spiro atoms. The van der Waals surface area contributed by atoms with E-state index in [1.807, 2.05) is 13.2 Å². The third-order valence-corrected chi connectivity index (χ3v) is 5.09. The van der Waals surface area contributed by atoms with Crippen molar-refractivity contribution in [2.24, 2.45) is 18.9 Å². The first-order valence-corrected chi connectivity index (χ1v) is 8.54. The first kappa shape index (κ1) is 16.7. The molecule has 1 saturated carbocycles. The second-order valence-corrected chi connectivity index (χ2v) is 6.85. The average molecular weight is 332 g/mol. The number of nitrogens with zero attached hydrogens (tertiary/aromatic N) is 4. The molecule has 1 aliphatic heterocycles. The van der Waals surface area contributed by atoms with Crippen molar-refractivity contribution >= 4 is 17.7 Å². The van der Waals surface area contributed by atoms with E-state index in [9.17, 15) is 14.4 Å². The molecule has 1 saturated heterocycles. The van der Waals surface area contributed by atoms with E-state index >= 15 is 0 Å². The summed E-state index contributed by atoms with van der Waals surface area (Å²) in [4.78, 5) is 40.0. The van der Waals surface area contributed by atoms with Crippen LogP contribution in [-0.2, 0) is 28.0 Å². The zero-order chi connectivity index (χ0) is 17.3. The number of rotatable bonds is 5. The maximum atomic E-state index is 12.4. The molecule has 2 aliphatic rings. The maximum absolute atomic E-state index is 12.4. The molecule has 3 amide bonds. The summed E-state index contributed by atoms with van der Waals surface area (Å²) in [6, 6.07) is 0. The molecule has 0 bridgehead atoms. The molecule has 0 N–H and O–H groups in total. The van der Waals surface area contributed by atoms with Crippen molar-refractivity contribution in [2.75, 3.05) is 13.6 Å². The first-order valence-electron chi connectivity index (χ1n) is 8.54. The molecule has 0 unspecified atom stereocenters. The minimum Gasteiger partial charge on any atom is -0.341 e. The van der Waals surface area contributed by atoms with Gasteiger partial charge in [0.05, 0.1) is 18.0 Å². The van der Waals surface area contributed by atoms with Crippen LogP contribution >= 0.6 is 0 Å². The fourth-order valence-corrected chi connectivity index (χ4v) is 3.77. The van der Waals surface area contributed by atoms with Crippen LogP contribution < -0.4 is 0 Å². The lowest BCUT2D eigenvalue weighted by molar-refractivity contribution is -0.140. The Balaban J connectivity index is 1.54. The van der Waals surface area contributed by atoms with Gasteiger partial charge in [-0.25, -0.2) is 0 Å². The average Bonchev–Trinajstić information content (AvgIpc) is 3.08. The molecular weight excluding hydrogens is 308 g/mol. The number of carbonyl (C=O) groups is 3. The van der Waals surface area contributed by atoms with Crippen molar-refractivity contribution in [3.63, 3.8) is 0 Å². The highest BCUT2D eigenvalue weighted by molar-refractivity contribution is 6.05. The molecule has 1 aliphatic carbocycles. The molecule has 130 valence electrons. The van der Waals surface area contributed by atoms with Gasteiger partial charge in [0.1, 0.15) is 0 Å². The van der Waals surface area contributed by atoms with E-state index in [-0.39, 0.29) is 42.5 Å². The number of likely N-dealkylation sites (tertiary alicyclic amines) is 1. The Morgan fingerprint density at radius 2 is 1.88 bits per heavy atom. The molecule has 3 rings (SSSR count). The minimum atomic E-state index is -0.144. The molecule has 7 nitrogen and oxygen atoms in total. The predicted molar refractivity (Wildman–Crippen MR) is 86.5 cm³/mol. The number of carbonyl (C=O) groups excluding carboxylic acids is 3. The van der Waals surface area contributed by atoms with E-state index in [4.69, 9.17) is 0 Å². The standard InChI is InChI=1S/C17H24N4O3/c1-19(10-12-9-18-20(2)11-12)15(22)7-8-21-16(23)13-5-3-4-6-14(13)17(21)24/h9,11,13-14H,3-8,10H2,1-2H3/t13-,14+. The third-order valence-electron chi connectivity index (χ3n) is 5.09. The van der Waals surface area contributed by atoms with Crippen molar-refractivity contribution < 1.29 is 14.4 Å². The second-order valence-electron chi connectivity index (χ2n) is 6.85. The van der Waals surface area contributed by atoms with Gasteiger partial charge in [-0.15, -0.1) is 0 Å². The van der Waals surface area contributed by atoms with Gasteiger partial charge in [-0.1, -0.05) is 12.8 Å². The Hall–Kier alpha value is -2.18. The number of hydrogen-bond acceptors (Lipinski definition) is 4. The van der Waals surface area contributed by atoms with Crippen LogP contribution in [0.4, 0.5) is 0 Å².